The summed E-state index contributed by atoms with van der Waals surface area (Å²) in [5.74, 6) is 0. The highest BCUT2D eigenvalue weighted by Gasteiger charge is 2.43. The van der Waals surface area contributed by atoms with Crippen LogP contribution < -0.4 is 26.2 Å². The van der Waals surface area contributed by atoms with E-state index in [0.717, 1.165) is 22.7 Å². The van der Waals surface area contributed by atoms with Crippen LogP contribution in [-0.2, 0) is 0 Å². The first-order chi connectivity index (χ1) is 33.8. The van der Waals surface area contributed by atoms with E-state index in [1.165, 1.54) is 111 Å². The first kappa shape index (κ1) is 37.4. The van der Waals surface area contributed by atoms with Crippen LogP contribution >= 0.6 is 0 Å². The van der Waals surface area contributed by atoms with E-state index in [9.17, 15) is 0 Å². The number of aromatic nitrogens is 1. The zero-order valence-electron chi connectivity index (χ0n) is 37.0. The van der Waals surface area contributed by atoms with Crippen LogP contribution in [0.5, 0.6) is 0 Å². The fourth-order valence-electron chi connectivity index (χ4n) is 12.1. The van der Waals surface area contributed by atoms with E-state index in [2.05, 4.69) is 257 Å². The molecule has 0 amide bonds. The van der Waals surface area contributed by atoms with E-state index < -0.39 is 0 Å². The smallest absolute Gasteiger partial charge is 0.252 e. The lowest BCUT2D eigenvalue weighted by molar-refractivity contribution is 1.16. The minimum atomic E-state index is -0.00655. The molecule has 0 atom stereocenters. The Morgan fingerprint density at radius 1 is 0.338 bits per heavy atom. The SMILES string of the molecule is c1ccc(-c2ccc(N(c3ccc(-c4ccccc4)cc3)c3cc4c5c(c3)-n3c6cccc7c6c6c8c(cccc8cc(c63)B5c3ccccc3N4c3ccccc3)-c3ccccc3-7)cc2)cc1. The van der Waals surface area contributed by atoms with Crippen molar-refractivity contribution in [2.45, 2.75) is 0 Å². The van der Waals surface area contributed by atoms with Crippen LogP contribution in [0, 0.1) is 0 Å². The molecule has 2 aliphatic heterocycles. The van der Waals surface area contributed by atoms with Crippen LogP contribution in [-0.4, -0.2) is 11.3 Å². The van der Waals surface area contributed by atoms with Crippen LogP contribution in [0.4, 0.5) is 34.1 Å². The van der Waals surface area contributed by atoms with Crippen molar-refractivity contribution in [2.75, 3.05) is 9.80 Å². The first-order valence-electron chi connectivity index (χ1n) is 23.6. The highest BCUT2D eigenvalue weighted by Crippen LogP contribution is 2.52. The number of hydrogen-bond donors (Lipinski definition) is 0. The maximum absolute atomic E-state index is 2.64. The maximum atomic E-state index is 2.64. The van der Waals surface area contributed by atoms with Gasteiger partial charge in [-0.15, -0.1) is 0 Å². The van der Waals surface area contributed by atoms with E-state index in [1.54, 1.807) is 0 Å². The molecule has 0 bridgehead atoms. The van der Waals surface area contributed by atoms with E-state index >= 15 is 0 Å². The Labute approximate surface area is 395 Å². The summed E-state index contributed by atoms with van der Waals surface area (Å²) in [6, 6.07) is 90.0. The van der Waals surface area contributed by atoms with Crippen molar-refractivity contribution in [2.24, 2.45) is 0 Å². The van der Waals surface area contributed by atoms with Gasteiger partial charge in [0.05, 0.1) is 16.7 Å². The zero-order valence-corrected chi connectivity index (χ0v) is 37.0. The quantitative estimate of drug-likeness (QED) is 0.154. The predicted molar refractivity (Wildman–Crippen MR) is 288 cm³/mol. The van der Waals surface area contributed by atoms with Crippen molar-refractivity contribution in [3.05, 3.63) is 243 Å². The van der Waals surface area contributed by atoms with Gasteiger partial charge in [-0.25, -0.2) is 0 Å². The minimum Gasteiger partial charge on any atom is -0.311 e. The summed E-state index contributed by atoms with van der Waals surface area (Å²) < 4.78 is 2.64. The molecule has 0 saturated carbocycles. The highest BCUT2D eigenvalue weighted by molar-refractivity contribution is 7.00. The normalized spacial score (nSPS) is 12.6. The van der Waals surface area contributed by atoms with Crippen molar-refractivity contribution in [1.29, 1.82) is 0 Å². The molecular formula is C64H40BN3. The van der Waals surface area contributed by atoms with Gasteiger partial charge < -0.3 is 14.4 Å². The average Bonchev–Trinajstić information content (AvgIpc) is 3.70. The molecule has 0 N–H and O–H groups in total. The second-order valence-electron chi connectivity index (χ2n) is 18.4. The third-order valence-corrected chi connectivity index (χ3v) is 14.9. The number of benzene rings is 11. The van der Waals surface area contributed by atoms with Crippen LogP contribution in [0.1, 0.15) is 0 Å². The Bertz CT molecular complexity index is 3930. The number of nitrogens with zero attached hydrogens (tertiary/aromatic N) is 3. The highest BCUT2D eigenvalue weighted by atomic mass is 15.2. The topological polar surface area (TPSA) is 11.4 Å². The first-order valence-corrected chi connectivity index (χ1v) is 23.6. The Balaban J connectivity index is 1.07. The van der Waals surface area contributed by atoms with E-state index in [4.69, 9.17) is 0 Å². The fourth-order valence-corrected chi connectivity index (χ4v) is 12.1. The van der Waals surface area contributed by atoms with Gasteiger partial charge in [0.25, 0.3) is 6.71 Å². The fraction of sp³-hybridized carbons (Fsp3) is 0. The van der Waals surface area contributed by atoms with Crippen molar-refractivity contribution >= 4 is 89.8 Å². The Kier molecular flexibility index (Phi) is 7.87. The number of fused-ring (bicyclic) bond motifs is 8. The van der Waals surface area contributed by atoms with Gasteiger partial charge in [0.15, 0.2) is 0 Å². The minimum absolute atomic E-state index is 0.00655. The molecule has 4 heteroatoms. The van der Waals surface area contributed by atoms with E-state index in [0.29, 0.717) is 0 Å². The van der Waals surface area contributed by atoms with E-state index in [-0.39, 0.29) is 6.71 Å². The van der Waals surface area contributed by atoms with Crippen molar-refractivity contribution < 1.29 is 0 Å². The summed E-state index contributed by atoms with van der Waals surface area (Å²) >= 11 is 0. The largest absolute Gasteiger partial charge is 0.311 e. The van der Waals surface area contributed by atoms with Crippen LogP contribution in [0.25, 0.3) is 82.8 Å². The molecule has 68 heavy (non-hydrogen) atoms. The second-order valence-corrected chi connectivity index (χ2v) is 18.4. The summed E-state index contributed by atoms with van der Waals surface area (Å²) in [7, 11) is 0. The molecule has 1 aliphatic carbocycles. The van der Waals surface area contributed by atoms with Crippen LogP contribution in [0.15, 0.2) is 243 Å². The predicted octanol–water partition coefficient (Wildman–Crippen LogP) is 15.0. The molecule has 3 heterocycles. The molecule has 3 aliphatic rings. The summed E-state index contributed by atoms with van der Waals surface area (Å²) in [4.78, 5) is 4.97. The van der Waals surface area contributed by atoms with E-state index in [1.807, 2.05) is 0 Å². The van der Waals surface area contributed by atoms with Gasteiger partial charge in [-0.3, -0.25) is 0 Å². The Morgan fingerprint density at radius 3 is 1.53 bits per heavy atom. The molecule has 0 unspecified atom stereocenters. The molecule has 1 aromatic heterocycles. The van der Waals surface area contributed by atoms with Crippen molar-refractivity contribution in [3.8, 4) is 50.2 Å². The summed E-state index contributed by atoms with van der Waals surface area (Å²) in [5.41, 5.74) is 24.4. The lowest BCUT2D eigenvalue weighted by Crippen LogP contribution is -2.60. The lowest BCUT2D eigenvalue weighted by Gasteiger charge is -2.41. The number of anilines is 6. The Morgan fingerprint density at radius 2 is 0.868 bits per heavy atom. The van der Waals surface area contributed by atoms with Gasteiger partial charge in [-0.05, 0) is 132 Å². The molecule has 0 fully saturated rings. The summed E-state index contributed by atoms with van der Waals surface area (Å²) in [5, 5.41) is 5.29. The standard InChI is InChI=1S/C64H40BN3/c1-4-16-41(17-5-1)43-30-34-47(35-31-43)66(48-36-32-44(33-37-48)42-18-6-2-7-19-42)49-39-58-63-59(40-49)68-57-29-15-26-53-51-24-11-10-23-50(51)52-25-14-20-45-38-55(64(68)62(60(45)52)61(53)57)65(63)54-27-12-13-28-56(54)67(58)46-21-8-3-9-22-46/h1-40H. The number of para-hydroxylation sites is 2. The summed E-state index contributed by atoms with van der Waals surface area (Å²) in [6.45, 7) is -0.00655. The average molecular weight is 862 g/mol. The van der Waals surface area contributed by atoms with Crippen LogP contribution in [0.3, 0.4) is 0 Å². The van der Waals surface area contributed by atoms with Gasteiger partial charge in [0.2, 0.25) is 0 Å². The molecule has 314 valence electrons. The number of hydrogen-bond acceptors (Lipinski definition) is 2. The zero-order chi connectivity index (χ0) is 44.5. The summed E-state index contributed by atoms with van der Waals surface area (Å²) in [6.07, 6.45) is 0. The molecule has 12 aromatic rings. The molecule has 3 nitrogen and oxygen atoms in total. The van der Waals surface area contributed by atoms with Crippen molar-refractivity contribution in [3.63, 3.8) is 0 Å². The molecular weight excluding hydrogens is 822 g/mol. The maximum Gasteiger partial charge on any atom is 0.252 e. The third-order valence-electron chi connectivity index (χ3n) is 14.9. The van der Waals surface area contributed by atoms with Gasteiger partial charge >= 0.3 is 0 Å². The molecule has 11 aromatic carbocycles. The third kappa shape index (κ3) is 5.26. The monoisotopic (exact) mass is 861 g/mol. The van der Waals surface area contributed by atoms with Gasteiger partial charge in [0, 0.05) is 44.9 Å². The molecule has 0 spiro atoms. The van der Waals surface area contributed by atoms with Gasteiger partial charge in [-0.2, -0.15) is 0 Å². The Hall–Kier alpha value is -8.86. The van der Waals surface area contributed by atoms with Gasteiger partial charge in [0.1, 0.15) is 0 Å². The van der Waals surface area contributed by atoms with Crippen molar-refractivity contribution in [1.82, 2.24) is 4.57 Å². The lowest BCUT2D eigenvalue weighted by atomic mass is 9.33. The molecule has 0 saturated heterocycles. The number of rotatable bonds is 6. The molecule has 0 radical (unpaired) electrons. The van der Waals surface area contributed by atoms with Crippen LogP contribution in [0.2, 0.25) is 0 Å². The molecule has 15 rings (SSSR count). The van der Waals surface area contributed by atoms with Gasteiger partial charge in [-0.1, -0.05) is 182 Å². The second kappa shape index (κ2) is 14.3.